The van der Waals surface area contributed by atoms with Crippen LogP contribution in [0.3, 0.4) is 0 Å². The van der Waals surface area contributed by atoms with Gasteiger partial charge >= 0.3 is 6.36 Å². The smallest absolute Gasteiger partial charge is 0.506 e. The normalized spacial score (nSPS) is 11.9. The van der Waals surface area contributed by atoms with Gasteiger partial charge in [-0.05, 0) is 30.7 Å². The van der Waals surface area contributed by atoms with Gasteiger partial charge in [0.15, 0.2) is 16.6 Å². The maximum atomic E-state index is 12.4. The topological polar surface area (TPSA) is 82.0 Å². The Morgan fingerprint density at radius 3 is 2.69 bits per heavy atom. The third kappa shape index (κ3) is 3.58. The SMILES string of the molecule is Cc1cc(=O)c2c(O)c3ccoc3c(OCc3cccc(OC(F)(F)F)c3)c2o1. The Balaban J connectivity index is 1.77. The number of benzene rings is 2. The summed E-state index contributed by atoms with van der Waals surface area (Å²) >= 11 is 0. The van der Waals surface area contributed by atoms with E-state index in [-0.39, 0.29) is 45.8 Å². The molecule has 150 valence electrons. The number of aryl methyl sites for hydroxylation is 1. The molecule has 0 amide bonds. The summed E-state index contributed by atoms with van der Waals surface area (Å²) in [6.07, 6.45) is -3.50. The minimum atomic E-state index is -4.81. The van der Waals surface area contributed by atoms with E-state index in [1.165, 1.54) is 36.6 Å². The summed E-state index contributed by atoms with van der Waals surface area (Å²) in [5.41, 5.74) is 0.0431. The number of halogens is 3. The molecule has 0 aliphatic heterocycles. The molecule has 6 nitrogen and oxygen atoms in total. The predicted octanol–water partition coefficient (Wildman–Crippen LogP) is 5.03. The van der Waals surface area contributed by atoms with Crippen molar-refractivity contribution in [3.05, 3.63) is 64.2 Å². The first kappa shape index (κ1) is 18.7. The van der Waals surface area contributed by atoms with Gasteiger partial charge in [0.05, 0.1) is 11.6 Å². The highest BCUT2D eigenvalue weighted by Gasteiger charge is 2.31. The first-order valence-corrected chi connectivity index (χ1v) is 8.37. The van der Waals surface area contributed by atoms with Crippen LogP contribution < -0.4 is 14.9 Å². The molecule has 0 radical (unpaired) electrons. The van der Waals surface area contributed by atoms with Crippen LogP contribution in [0.4, 0.5) is 13.2 Å². The third-order valence-electron chi connectivity index (χ3n) is 4.16. The van der Waals surface area contributed by atoms with E-state index in [1.807, 2.05) is 0 Å². The summed E-state index contributed by atoms with van der Waals surface area (Å²) in [6, 6.07) is 7.98. The zero-order valence-corrected chi connectivity index (χ0v) is 14.9. The fourth-order valence-corrected chi connectivity index (χ4v) is 3.02. The van der Waals surface area contributed by atoms with Gasteiger partial charge in [0.1, 0.15) is 29.3 Å². The molecule has 2 heterocycles. The van der Waals surface area contributed by atoms with E-state index in [4.69, 9.17) is 13.6 Å². The lowest BCUT2D eigenvalue weighted by Gasteiger charge is -2.12. The second kappa shape index (κ2) is 6.77. The van der Waals surface area contributed by atoms with E-state index in [2.05, 4.69) is 4.74 Å². The maximum Gasteiger partial charge on any atom is 0.573 e. The molecule has 0 fully saturated rings. The molecule has 4 aromatic rings. The van der Waals surface area contributed by atoms with Gasteiger partial charge in [-0.25, -0.2) is 0 Å². The highest BCUT2D eigenvalue weighted by Crippen LogP contribution is 2.42. The Bertz CT molecular complexity index is 1270. The zero-order valence-electron chi connectivity index (χ0n) is 14.9. The highest BCUT2D eigenvalue weighted by molar-refractivity contribution is 6.06. The molecule has 0 atom stereocenters. The van der Waals surface area contributed by atoms with Crippen molar-refractivity contribution >= 4 is 21.9 Å². The van der Waals surface area contributed by atoms with Crippen LogP contribution in [-0.2, 0) is 6.61 Å². The zero-order chi connectivity index (χ0) is 20.8. The number of phenols is 1. The van der Waals surface area contributed by atoms with Crippen molar-refractivity contribution < 1.29 is 36.6 Å². The minimum absolute atomic E-state index is 0.0161. The van der Waals surface area contributed by atoms with Gasteiger partial charge in [-0.15, -0.1) is 13.2 Å². The van der Waals surface area contributed by atoms with Crippen molar-refractivity contribution in [2.24, 2.45) is 0 Å². The van der Waals surface area contributed by atoms with Gasteiger partial charge in [-0.2, -0.15) is 0 Å². The lowest BCUT2D eigenvalue weighted by atomic mass is 10.1. The molecule has 9 heteroatoms. The van der Waals surface area contributed by atoms with Gasteiger partial charge < -0.3 is 23.4 Å². The van der Waals surface area contributed by atoms with Crippen molar-refractivity contribution in [1.82, 2.24) is 0 Å². The van der Waals surface area contributed by atoms with Crippen molar-refractivity contribution in [2.75, 3.05) is 0 Å². The Hall–Kier alpha value is -3.62. The van der Waals surface area contributed by atoms with Crippen LogP contribution in [0.15, 0.2) is 56.3 Å². The van der Waals surface area contributed by atoms with E-state index in [0.717, 1.165) is 0 Å². The highest BCUT2D eigenvalue weighted by atomic mass is 19.4. The number of alkyl halides is 3. The number of fused-ring (bicyclic) bond motifs is 2. The van der Waals surface area contributed by atoms with Gasteiger partial charge in [0.25, 0.3) is 0 Å². The molecule has 0 bridgehead atoms. The van der Waals surface area contributed by atoms with Crippen LogP contribution in [0.2, 0.25) is 0 Å². The van der Waals surface area contributed by atoms with Crippen LogP contribution in [0.25, 0.3) is 21.9 Å². The summed E-state index contributed by atoms with van der Waals surface area (Å²) in [5.74, 6) is -0.343. The van der Waals surface area contributed by atoms with Crippen molar-refractivity contribution in [2.45, 2.75) is 19.9 Å². The van der Waals surface area contributed by atoms with E-state index >= 15 is 0 Å². The van der Waals surface area contributed by atoms with Gasteiger partial charge in [0, 0.05) is 6.07 Å². The standard InChI is InChI=1S/C20H13F3O6/c1-10-7-14(24)15-16(25)13-5-6-26-17(13)19(18(15)28-10)27-9-11-3-2-4-12(8-11)29-20(21,22)23/h2-8,25H,9H2,1H3. The summed E-state index contributed by atoms with van der Waals surface area (Å²) in [5, 5.41) is 10.6. The van der Waals surface area contributed by atoms with Gasteiger partial charge in [0.2, 0.25) is 5.75 Å². The average Bonchev–Trinajstić information content (AvgIpc) is 3.10. The first-order valence-electron chi connectivity index (χ1n) is 8.37. The number of phenolic OH excluding ortho intramolecular Hbond substituents is 1. The minimum Gasteiger partial charge on any atom is -0.506 e. The largest absolute Gasteiger partial charge is 0.573 e. The summed E-state index contributed by atoms with van der Waals surface area (Å²) in [7, 11) is 0. The molecular formula is C20H13F3O6. The molecule has 0 unspecified atom stereocenters. The summed E-state index contributed by atoms with van der Waals surface area (Å²) in [6.45, 7) is 1.40. The number of aromatic hydroxyl groups is 1. The second-order valence-electron chi connectivity index (χ2n) is 6.25. The van der Waals surface area contributed by atoms with Crippen molar-refractivity contribution in [3.63, 3.8) is 0 Å². The average molecular weight is 406 g/mol. The van der Waals surface area contributed by atoms with Crippen LogP contribution in [0.1, 0.15) is 11.3 Å². The molecule has 2 aromatic carbocycles. The second-order valence-corrected chi connectivity index (χ2v) is 6.25. The third-order valence-corrected chi connectivity index (χ3v) is 4.16. The predicted molar refractivity (Wildman–Crippen MR) is 96.1 cm³/mol. The van der Waals surface area contributed by atoms with E-state index in [0.29, 0.717) is 11.3 Å². The summed E-state index contributed by atoms with van der Waals surface area (Å²) in [4.78, 5) is 12.4. The molecule has 0 saturated heterocycles. The maximum absolute atomic E-state index is 12.4. The van der Waals surface area contributed by atoms with Gasteiger partial charge in [-0.1, -0.05) is 12.1 Å². The first-order chi connectivity index (χ1) is 13.7. The van der Waals surface area contributed by atoms with Crippen molar-refractivity contribution in [3.8, 4) is 17.2 Å². The molecule has 0 saturated carbocycles. The monoisotopic (exact) mass is 406 g/mol. The molecule has 4 rings (SSSR count). The van der Waals surface area contributed by atoms with E-state index in [1.54, 1.807) is 13.0 Å². The molecule has 29 heavy (non-hydrogen) atoms. The van der Waals surface area contributed by atoms with Gasteiger partial charge in [-0.3, -0.25) is 4.79 Å². The van der Waals surface area contributed by atoms with Crippen LogP contribution >= 0.6 is 0 Å². The molecule has 0 spiro atoms. The number of ether oxygens (including phenoxy) is 2. The Labute approximate surface area is 160 Å². The molecule has 0 aliphatic rings. The number of rotatable bonds is 4. The van der Waals surface area contributed by atoms with E-state index in [9.17, 15) is 23.1 Å². The van der Waals surface area contributed by atoms with Crippen LogP contribution in [-0.4, -0.2) is 11.5 Å². The summed E-state index contributed by atoms with van der Waals surface area (Å²) < 4.78 is 57.9. The number of hydrogen-bond acceptors (Lipinski definition) is 6. The fourth-order valence-electron chi connectivity index (χ4n) is 3.02. The molecule has 2 aromatic heterocycles. The fraction of sp³-hybridized carbons (Fsp3) is 0.150. The molecule has 0 aliphatic carbocycles. The molecular weight excluding hydrogens is 393 g/mol. The van der Waals surface area contributed by atoms with Crippen LogP contribution in [0.5, 0.6) is 17.2 Å². The van der Waals surface area contributed by atoms with Crippen LogP contribution in [0, 0.1) is 6.92 Å². The number of furan rings is 1. The quantitative estimate of drug-likeness (QED) is 0.512. The van der Waals surface area contributed by atoms with Crippen molar-refractivity contribution in [1.29, 1.82) is 0 Å². The van der Waals surface area contributed by atoms with E-state index < -0.39 is 11.8 Å². The Morgan fingerprint density at radius 2 is 1.93 bits per heavy atom. The molecule has 1 N–H and O–H groups in total. The lowest BCUT2D eigenvalue weighted by Crippen LogP contribution is -2.17. The Morgan fingerprint density at radius 1 is 1.14 bits per heavy atom. The Kier molecular flexibility index (Phi) is 4.37. The number of hydrogen-bond donors (Lipinski definition) is 1. The lowest BCUT2D eigenvalue weighted by molar-refractivity contribution is -0.274.